The second-order valence-corrected chi connectivity index (χ2v) is 14.3. The van der Waals surface area contributed by atoms with Crippen molar-refractivity contribution in [2.24, 2.45) is 0 Å². The van der Waals surface area contributed by atoms with Gasteiger partial charge in [0.25, 0.3) is 0 Å². The van der Waals surface area contributed by atoms with Gasteiger partial charge in [-0.15, -0.1) is 0 Å². The van der Waals surface area contributed by atoms with Crippen LogP contribution in [0.2, 0.25) is 5.14 Å². The number of unbranched alkanes of at least 4 members (excludes halogenated alkanes) is 4. The average molecular weight is 400 g/mol. The third-order valence-corrected chi connectivity index (χ3v) is 10.9. The third kappa shape index (κ3) is 9.66. The van der Waals surface area contributed by atoms with Crippen LogP contribution in [0.3, 0.4) is 0 Å². The Labute approximate surface area is 141 Å². The van der Waals surface area contributed by atoms with Crippen LogP contribution in [0.1, 0.15) is 79.1 Å². The van der Waals surface area contributed by atoms with E-state index in [1.807, 2.05) is 5.14 Å². The van der Waals surface area contributed by atoms with Crippen molar-refractivity contribution in [1.82, 2.24) is 0 Å². The van der Waals surface area contributed by atoms with Gasteiger partial charge in [-0.1, -0.05) is 0 Å². The van der Waals surface area contributed by atoms with E-state index in [1.54, 1.807) is 0 Å². The topological polar surface area (TPSA) is 36.9 Å². The zero-order valence-electron chi connectivity index (χ0n) is 15.6. The van der Waals surface area contributed by atoms with Gasteiger partial charge in [-0.05, 0) is 0 Å². The van der Waals surface area contributed by atoms with Gasteiger partial charge in [0, 0.05) is 0 Å². The molecule has 0 amide bonds. The van der Waals surface area contributed by atoms with E-state index in [1.165, 1.54) is 0 Å². The summed E-state index contributed by atoms with van der Waals surface area (Å²) in [6, 6.07) is 0. The van der Waals surface area contributed by atoms with Crippen LogP contribution in [0.5, 0.6) is 0 Å². The fraction of sp³-hybridized carbons (Fsp3) is 1.00. The molecule has 0 atom stereocenters. The first-order chi connectivity index (χ1) is 10.5. The predicted molar refractivity (Wildman–Crippen MR) is 89.3 cm³/mol. The van der Waals surface area contributed by atoms with Gasteiger partial charge in [-0.2, -0.15) is 0 Å². The van der Waals surface area contributed by atoms with Crippen molar-refractivity contribution in [2.45, 2.75) is 84.2 Å². The first-order valence-electron chi connectivity index (χ1n) is 9.16. The first-order valence-corrected chi connectivity index (χ1v) is 14.9. The van der Waals surface area contributed by atoms with Gasteiger partial charge in [0.1, 0.15) is 0 Å². The molecule has 5 heteroatoms. The predicted octanol–water partition coefficient (Wildman–Crippen LogP) is 5.65. The molecule has 0 aliphatic heterocycles. The normalized spacial score (nSPS) is 14.0. The maximum atomic E-state index is 6.23. The van der Waals surface area contributed by atoms with Crippen molar-refractivity contribution in [3.8, 4) is 0 Å². The van der Waals surface area contributed by atoms with E-state index in [0.29, 0.717) is 26.4 Å². The van der Waals surface area contributed by atoms with Crippen molar-refractivity contribution in [3.63, 3.8) is 0 Å². The molecule has 0 aliphatic rings. The van der Waals surface area contributed by atoms with Crippen LogP contribution >= 0.6 is 0 Å². The summed E-state index contributed by atoms with van der Waals surface area (Å²) in [7, 11) is 0. The molecule has 0 heterocycles. The fourth-order valence-corrected chi connectivity index (χ4v) is 8.23. The number of rotatable bonds is 16. The Hall–Kier alpha value is 0.580. The molecular weight excluding hydrogens is 361 g/mol. The maximum absolute atomic E-state index is 6.23. The molecule has 0 saturated heterocycles. The minimum absolute atomic E-state index is 0.666. The molecule has 4 nitrogen and oxygen atoms in total. The second kappa shape index (κ2) is 12.9. The first kappa shape index (κ1) is 22.6. The molecular formula is C17H39NbO4. The standard InChI is InChI=1S/4C4H9O.CH3.Nb/c4*1-2-3-4-5;;/h4*2-4H2,1H3;1H3;/q4*-1;;+4. The summed E-state index contributed by atoms with van der Waals surface area (Å²) >= 11 is -4.35. The van der Waals surface area contributed by atoms with E-state index in [4.69, 9.17) is 13.0 Å². The molecule has 0 spiro atoms. The molecule has 0 fully saturated rings. The SMILES string of the molecule is CCCC[O][Nb]([CH3])([O]CCCC)([O]CCCC)[O]CCCC. The minimum atomic E-state index is -4.35. The Morgan fingerprint density at radius 3 is 0.909 bits per heavy atom. The van der Waals surface area contributed by atoms with E-state index in [0.717, 1.165) is 51.4 Å². The molecule has 0 rings (SSSR count). The van der Waals surface area contributed by atoms with Crippen LogP contribution in [-0.2, 0) is 30.4 Å². The van der Waals surface area contributed by atoms with Crippen LogP contribution in [0.25, 0.3) is 0 Å². The van der Waals surface area contributed by atoms with Crippen LogP contribution in [0, 0.1) is 0 Å². The van der Waals surface area contributed by atoms with Crippen molar-refractivity contribution >= 4 is 0 Å². The summed E-state index contributed by atoms with van der Waals surface area (Å²) in [4.78, 5) is 0. The van der Waals surface area contributed by atoms with Crippen molar-refractivity contribution in [2.75, 3.05) is 26.4 Å². The quantitative estimate of drug-likeness (QED) is 0.248. The number of hydrogen-bond acceptors (Lipinski definition) is 4. The molecule has 0 saturated carbocycles. The summed E-state index contributed by atoms with van der Waals surface area (Å²) in [6.07, 6.45) is 8.46. The van der Waals surface area contributed by atoms with Crippen molar-refractivity contribution in [1.29, 1.82) is 0 Å². The summed E-state index contributed by atoms with van der Waals surface area (Å²) in [5.41, 5.74) is 0. The molecule has 0 N–H and O–H groups in total. The van der Waals surface area contributed by atoms with Gasteiger partial charge in [0.15, 0.2) is 0 Å². The van der Waals surface area contributed by atoms with E-state index in [2.05, 4.69) is 27.7 Å². The molecule has 136 valence electrons. The average Bonchev–Trinajstić information content (AvgIpc) is 2.49. The van der Waals surface area contributed by atoms with Crippen LogP contribution in [0.4, 0.5) is 0 Å². The van der Waals surface area contributed by atoms with E-state index < -0.39 is 17.4 Å². The van der Waals surface area contributed by atoms with Crippen LogP contribution < -0.4 is 0 Å². The van der Waals surface area contributed by atoms with Crippen LogP contribution in [0.15, 0.2) is 0 Å². The van der Waals surface area contributed by atoms with E-state index in [9.17, 15) is 0 Å². The molecule has 22 heavy (non-hydrogen) atoms. The zero-order chi connectivity index (χ0) is 16.8. The molecule has 0 bridgehead atoms. The third-order valence-electron chi connectivity index (χ3n) is 3.51. The Balaban J connectivity index is 4.89. The summed E-state index contributed by atoms with van der Waals surface area (Å²) in [5, 5.41) is 2.00. The number of hydrogen-bond donors (Lipinski definition) is 0. The Morgan fingerprint density at radius 1 is 0.500 bits per heavy atom. The second-order valence-electron chi connectivity index (χ2n) is 5.92. The van der Waals surface area contributed by atoms with Gasteiger partial charge in [-0.25, -0.2) is 0 Å². The van der Waals surface area contributed by atoms with Gasteiger partial charge in [0.2, 0.25) is 0 Å². The van der Waals surface area contributed by atoms with Crippen molar-refractivity contribution in [3.05, 3.63) is 0 Å². The fourth-order valence-electron chi connectivity index (χ4n) is 1.87. The Kier molecular flexibility index (Phi) is 13.3. The van der Waals surface area contributed by atoms with E-state index in [-0.39, 0.29) is 0 Å². The molecule has 0 radical (unpaired) electrons. The molecule has 0 aromatic carbocycles. The molecule has 0 aliphatic carbocycles. The monoisotopic (exact) mass is 400 g/mol. The molecule has 0 aromatic rings. The van der Waals surface area contributed by atoms with Gasteiger partial charge >= 0.3 is 141 Å². The van der Waals surface area contributed by atoms with Crippen LogP contribution in [-0.4, -0.2) is 26.4 Å². The van der Waals surface area contributed by atoms with Gasteiger partial charge < -0.3 is 0 Å². The zero-order valence-corrected chi connectivity index (χ0v) is 17.8. The summed E-state index contributed by atoms with van der Waals surface area (Å²) in [5.74, 6) is 0. The van der Waals surface area contributed by atoms with Crippen molar-refractivity contribution < 1.29 is 30.4 Å². The Morgan fingerprint density at radius 2 is 0.727 bits per heavy atom. The van der Waals surface area contributed by atoms with Gasteiger partial charge in [0.05, 0.1) is 0 Å². The molecule has 0 unspecified atom stereocenters. The summed E-state index contributed by atoms with van der Waals surface area (Å²) < 4.78 is 24.9. The van der Waals surface area contributed by atoms with Gasteiger partial charge in [-0.3, -0.25) is 0 Å². The Bertz CT molecular complexity index is 210. The summed E-state index contributed by atoms with van der Waals surface area (Å²) in [6.45, 7) is 11.3. The van der Waals surface area contributed by atoms with E-state index >= 15 is 0 Å². The molecule has 0 aromatic heterocycles.